The van der Waals surface area contributed by atoms with E-state index in [0.29, 0.717) is 25.3 Å². The Labute approximate surface area is 176 Å². The third-order valence-corrected chi connectivity index (χ3v) is 5.96. The van der Waals surface area contributed by atoms with Crippen LogP contribution in [0.2, 0.25) is 0 Å². The predicted octanol–water partition coefficient (Wildman–Crippen LogP) is 5.12. The van der Waals surface area contributed by atoms with Gasteiger partial charge in [-0.15, -0.1) is 0 Å². The number of benzene rings is 2. The summed E-state index contributed by atoms with van der Waals surface area (Å²) in [6.45, 7) is 8.81. The summed E-state index contributed by atoms with van der Waals surface area (Å²) in [6.07, 6.45) is -0.0777. The van der Waals surface area contributed by atoms with Crippen molar-refractivity contribution in [2.24, 2.45) is 0 Å². The number of nitrogens with one attached hydrogen (secondary N) is 1. The first-order valence-electron chi connectivity index (χ1n) is 9.97. The van der Waals surface area contributed by atoms with E-state index >= 15 is 0 Å². The van der Waals surface area contributed by atoms with Gasteiger partial charge < -0.3 is 9.64 Å². The molecule has 0 saturated heterocycles. The monoisotopic (exact) mass is 413 g/mol. The first-order valence-corrected chi connectivity index (χ1v) is 10.8. The molecule has 0 bridgehead atoms. The molecule has 154 valence electrons. The molecular weight excluding hydrogens is 386 g/mol. The largest absolute Gasteiger partial charge is 0.450 e. The molecule has 0 fully saturated rings. The van der Waals surface area contributed by atoms with Gasteiger partial charge in [0.15, 0.2) is 0 Å². The summed E-state index contributed by atoms with van der Waals surface area (Å²) in [5, 5.41) is 2.73. The van der Waals surface area contributed by atoms with Gasteiger partial charge in [0.05, 0.1) is 18.0 Å². The fourth-order valence-electron chi connectivity index (χ4n) is 3.29. The second-order valence-corrected chi connectivity index (χ2v) is 7.69. The van der Waals surface area contributed by atoms with Crippen molar-refractivity contribution >= 4 is 40.8 Å². The van der Waals surface area contributed by atoms with E-state index in [9.17, 15) is 9.59 Å². The first kappa shape index (κ1) is 21.2. The maximum atomic E-state index is 13.3. The van der Waals surface area contributed by atoms with E-state index < -0.39 is 6.09 Å². The SMILES string of the molecule is CCOC(=O)Nc1ccc2c(c1)N(C(=O)CCN(CC)CC)c1ccccc1S2. The molecule has 0 radical (unpaired) electrons. The average molecular weight is 414 g/mol. The third kappa shape index (κ3) is 4.92. The molecular formula is C22H27N3O3S. The molecule has 0 spiro atoms. The number of nitrogens with zero attached hydrogens (tertiary/aromatic N) is 2. The summed E-state index contributed by atoms with van der Waals surface area (Å²) in [4.78, 5) is 31.1. The van der Waals surface area contributed by atoms with Crippen molar-refractivity contribution in [2.75, 3.05) is 36.5 Å². The lowest BCUT2D eigenvalue weighted by atomic mass is 10.2. The predicted molar refractivity (Wildman–Crippen MR) is 117 cm³/mol. The van der Waals surface area contributed by atoms with Crippen LogP contribution in [0.15, 0.2) is 52.3 Å². The van der Waals surface area contributed by atoms with E-state index in [1.807, 2.05) is 42.5 Å². The van der Waals surface area contributed by atoms with E-state index in [1.165, 1.54) is 0 Å². The molecule has 0 unspecified atom stereocenters. The zero-order chi connectivity index (χ0) is 20.8. The highest BCUT2D eigenvalue weighted by Gasteiger charge is 2.28. The van der Waals surface area contributed by atoms with Gasteiger partial charge in [-0.3, -0.25) is 15.0 Å². The summed E-state index contributed by atoms with van der Waals surface area (Å²) >= 11 is 1.63. The minimum Gasteiger partial charge on any atom is -0.450 e. The van der Waals surface area contributed by atoms with Crippen LogP contribution in [0.4, 0.5) is 21.9 Å². The highest BCUT2D eigenvalue weighted by molar-refractivity contribution is 7.99. The summed E-state index contributed by atoms with van der Waals surface area (Å²) in [6, 6.07) is 13.5. The molecule has 1 heterocycles. The Balaban J connectivity index is 1.92. The second-order valence-electron chi connectivity index (χ2n) is 6.60. The van der Waals surface area contributed by atoms with Crippen molar-refractivity contribution in [1.82, 2.24) is 4.90 Å². The van der Waals surface area contributed by atoms with E-state index in [4.69, 9.17) is 4.74 Å². The maximum absolute atomic E-state index is 13.3. The zero-order valence-electron chi connectivity index (χ0n) is 17.1. The van der Waals surface area contributed by atoms with Gasteiger partial charge in [0.25, 0.3) is 0 Å². The third-order valence-electron chi connectivity index (χ3n) is 4.83. The van der Waals surface area contributed by atoms with E-state index in [0.717, 1.165) is 34.3 Å². The van der Waals surface area contributed by atoms with Crippen LogP contribution in [0.25, 0.3) is 0 Å². The second kappa shape index (κ2) is 9.80. The Bertz CT molecular complexity index is 883. The highest BCUT2D eigenvalue weighted by Crippen LogP contribution is 2.49. The quantitative estimate of drug-likeness (QED) is 0.683. The number of para-hydroxylation sites is 1. The van der Waals surface area contributed by atoms with Crippen molar-refractivity contribution in [3.8, 4) is 0 Å². The molecule has 1 aliphatic rings. The molecule has 0 aromatic heterocycles. The fourth-order valence-corrected chi connectivity index (χ4v) is 4.33. The molecule has 0 aliphatic carbocycles. The number of ether oxygens (including phenoxy) is 1. The van der Waals surface area contributed by atoms with Crippen molar-refractivity contribution in [2.45, 2.75) is 37.0 Å². The molecule has 3 rings (SSSR count). The standard InChI is InChI=1S/C22H27N3O3S/c1-4-24(5-2)14-13-21(26)25-17-9-7-8-10-19(17)29-20-12-11-16(15-18(20)25)23-22(27)28-6-3/h7-12,15H,4-6,13-14H2,1-3H3,(H,23,27). The minimum absolute atomic E-state index is 0.0409. The minimum atomic E-state index is -0.504. The lowest BCUT2D eigenvalue weighted by Crippen LogP contribution is -2.33. The number of carbonyl (C=O) groups is 2. The molecule has 29 heavy (non-hydrogen) atoms. The molecule has 2 aromatic rings. The summed E-state index contributed by atoms with van der Waals surface area (Å²) in [5.74, 6) is 0.0409. The number of amides is 2. The summed E-state index contributed by atoms with van der Waals surface area (Å²) in [5.41, 5.74) is 2.26. The summed E-state index contributed by atoms with van der Waals surface area (Å²) < 4.78 is 4.97. The molecule has 0 saturated carbocycles. The van der Waals surface area contributed by atoms with Gasteiger partial charge in [0, 0.05) is 28.4 Å². The van der Waals surface area contributed by atoms with Crippen LogP contribution >= 0.6 is 11.8 Å². The highest BCUT2D eigenvalue weighted by atomic mass is 32.2. The van der Waals surface area contributed by atoms with Crippen LogP contribution in [0.5, 0.6) is 0 Å². The van der Waals surface area contributed by atoms with E-state index in [-0.39, 0.29) is 5.91 Å². The molecule has 6 nitrogen and oxygen atoms in total. The van der Waals surface area contributed by atoms with Crippen LogP contribution in [0.3, 0.4) is 0 Å². The number of rotatable bonds is 7. The van der Waals surface area contributed by atoms with Crippen LogP contribution in [0.1, 0.15) is 27.2 Å². The zero-order valence-corrected chi connectivity index (χ0v) is 17.9. The van der Waals surface area contributed by atoms with Crippen molar-refractivity contribution in [3.05, 3.63) is 42.5 Å². The number of anilines is 3. The maximum Gasteiger partial charge on any atom is 0.411 e. The number of carbonyl (C=O) groups excluding carboxylic acids is 2. The van der Waals surface area contributed by atoms with Gasteiger partial charge in [0.1, 0.15) is 0 Å². The Morgan fingerprint density at radius 2 is 1.76 bits per heavy atom. The Kier molecular flexibility index (Phi) is 7.17. The Morgan fingerprint density at radius 1 is 1.03 bits per heavy atom. The average Bonchev–Trinajstić information content (AvgIpc) is 2.72. The molecule has 1 N–H and O–H groups in total. The van der Waals surface area contributed by atoms with Gasteiger partial charge in [-0.25, -0.2) is 4.79 Å². The number of hydrogen-bond donors (Lipinski definition) is 1. The van der Waals surface area contributed by atoms with E-state index in [2.05, 4.69) is 24.1 Å². The van der Waals surface area contributed by atoms with Crippen molar-refractivity contribution in [3.63, 3.8) is 0 Å². The normalized spacial score (nSPS) is 12.3. The Morgan fingerprint density at radius 3 is 2.48 bits per heavy atom. The van der Waals surface area contributed by atoms with Gasteiger partial charge >= 0.3 is 6.09 Å². The van der Waals surface area contributed by atoms with Crippen molar-refractivity contribution < 1.29 is 14.3 Å². The topological polar surface area (TPSA) is 61.9 Å². The summed E-state index contributed by atoms with van der Waals surface area (Å²) in [7, 11) is 0. The van der Waals surface area contributed by atoms with Gasteiger partial charge in [-0.1, -0.05) is 37.7 Å². The van der Waals surface area contributed by atoms with E-state index in [1.54, 1.807) is 23.6 Å². The molecule has 1 aliphatic heterocycles. The first-order chi connectivity index (χ1) is 14.1. The lowest BCUT2D eigenvalue weighted by molar-refractivity contribution is -0.118. The smallest absolute Gasteiger partial charge is 0.411 e. The van der Waals surface area contributed by atoms with Gasteiger partial charge in [0.2, 0.25) is 5.91 Å². The van der Waals surface area contributed by atoms with Gasteiger partial charge in [-0.05, 0) is 50.3 Å². The van der Waals surface area contributed by atoms with Crippen LogP contribution < -0.4 is 10.2 Å². The van der Waals surface area contributed by atoms with Crippen LogP contribution in [-0.4, -0.2) is 43.1 Å². The lowest BCUT2D eigenvalue weighted by Gasteiger charge is -2.32. The molecule has 2 aromatic carbocycles. The fraction of sp³-hybridized carbons (Fsp3) is 0.364. The van der Waals surface area contributed by atoms with Crippen LogP contribution in [-0.2, 0) is 9.53 Å². The number of hydrogen-bond acceptors (Lipinski definition) is 5. The molecule has 2 amide bonds. The number of fused-ring (bicyclic) bond motifs is 2. The molecule has 7 heteroatoms. The Hall–Kier alpha value is -2.51. The van der Waals surface area contributed by atoms with Gasteiger partial charge in [-0.2, -0.15) is 0 Å². The van der Waals surface area contributed by atoms with Crippen LogP contribution in [0, 0.1) is 0 Å². The van der Waals surface area contributed by atoms with Crippen molar-refractivity contribution in [1.29, 1.82) is 0 Å². The molecule has 0 atom stereocenters.